The van der Waals surface area contributed by atoms with Gasteiger partial charge in [0.1, 0.15) is 11.1 Å². The number of imide groups is 1. The predicted molar refractivity (Wildman–Crippen MR) is 118 cm³/mol. The van der Waals surface area contributed by atoms with Crippen LogP contribution >= 0.6 is 11.6 Å². The molecule has 3 amide bonds. The molecule has 0 radical (unpaired) electrons. The second-order valence-corrected chi connectivity index (χ2v) is 7.40. The predicted octanol–water partition coefficient (Wildman–Crippen LogP) is 3.00. The number of ether oxygens (including phenoxy) is 1. The third kappa shape index (κ3) is 4.60. The van der Waals surface area contributed by atoms with Crippen molar-refractivity contribution in [1.29, 1.82) is 0 Å². The number of halogens is 1. The van der Waals surface area contributed by atoms with Gasteiger partial charge in [-0.1, -0.05) is 17.7 Å². The molecule has 1 heterocycles. The zero-order valence-electron chi connectivity index (χ0n) is 17.4. The number of rotatable bonds is 7. The smallest absolute Gasteiger partial charge is 0.337 e. The van der Waals surface area contributed by atoms with Gasteiger partial charge in [-0.05, 0) is 36.4 Å². The van der Waals surface area contributed by atoms with E-state index in [2.05, 4.69) is 11.3 Å². The highest BCUT2D eigenvalue weighted by Gasteiger charge is 2.44. The minimum Gasteiger partial charge on any atom is -0.465 e. The lowest BCUT2D eigenvalue weighted by Crippen LogP contribution is -2.45. The third-order valence-corrected chi connectivity index (χ3v) is 5.34. The first-order valence-corrected chi connectivity index (χ1v) is 9.98. The van der Waals surface area contributed by atoms with Gasteiger partial charge in [-0.2, -0.15) is 0 Å². The summed E-state index contributed by atoms with van der Waals surface area (Å²) in [6, 6.07) is 8.07. The van der Waals surface area contributed by atoms with Crippen LogP contribution in [-0.4, -0.2) is 53.2 Å². The molecule has 3 rings (SSSR count). The fourth-order valence-electron chi connectivity index (χ4n) is 3.44. The lowest BCUT2D eigenvalue weighted by molar-refractivity contribution is -0.384. The molecule has 0 bridgehead atoms. The van der Waals surface area contributed by atoms with Crippen LogP contribution in [0.1, 0.15) is 27.1 Å². The number of carbonyl (C=O) groups is 4. The second kappa shape index (κ2) is 9.61. The number of nitro groups is 1. The van der Waals surface area contributed by atoms with Crippen molar-refractivity contribution in [2.75, 3.05) is 18.6 Å². The molecule has 10 nitrogen and oxygen atoms in total. The molecule has 0 spiro atoms. The number of hydrogen-bond donors (Lipinski definition) is 0. The normalized spacial score (nSPS) is 15.3. The van der Waals surface area contributed by atoms with Gasteiger partial charge in [-0.25, -0.2) is 9.69 Å². The van der Waals surface area contributed by atoms with E-state index < -0.39 is 40.3 Å². The SMILES string of the molecule is C=CCN(C(=O)c1ccc(Cl)c([N+](=O)[O-])c1)C1CC(=O)N(c2ccc(C(=O)OC)cc2)C1=O. The highest BCUT2D eigenvalue weighted by atomic mass is 35.5. The summed E-state index contributed by atoms with van der Waals surface area (Å²) in [4.78, 5) is 63.1. The number of nitrogens with zero attached hydrogens (tertiary/aromatic N) is 3. The standard InChI is InChI=1S/C22H18ClN3O7/c1-3-10-24(20(28)14-6-9-16(23)17(11-14)26(31)32)18-12-19(27)25(21(18)29)15-7-4-13(5-8-15)22(30)33-2/h3-9,11,18H,1,10,12H2,2H3. The summed E-state index contributed by atoms with van der Waals surface area (Å²) < 4.78 is 4.63. The second-order valence-electron chi connectivity index (χ2n) is 7.00. The topological polar surface area (TPSA) is 127 Å². The summed E-state index contributed by atoms with van der Waals surface area (Å²) in [6.45, 7) is 3.51. The number of esters is 1. The number of methoxy groups -OCH3 is 1. The molecule has 1 aliphatic heterocycles. The van der Waals surface area contributed by atoms with Gasteiger partial charge in [0, 0.05) is 18.2 Å². The average Bonchev–Trinajstić information content (AvgIpc) is 3.10. The number of amides is 3. The molecule has 11 heteroatoms. The Morgan fingerprint density at radius 3 is 2.45 bits per heavy atom. The summed E-state index contributed by atoms with van der Waals surface area (Å²) in [5.41, 5.74) is -0.0470. The molecule has 1 fully saturated rings. The van der Waals surface area contributed by atoms with Crippen LogP contribution in [0.15, 0.2) is 55.1 Å². The highest BCUT2D eigenvalue weighted by Crippen LogP contribution is 2.29. The molecule has 2 aromatic rings. The van der Waals surface area contributed by atoms with Crippen LogP contribution in [0.3, 0.4) is 0 Å². The fraction of sp³-hybridized carbons (Fsp3) is 0.182. The molecule has 1 aliphatic rings. The summed E-state index contributed by atoms with van der Waals surface area (Å²) in [6.07, 6.45) is 1.10. The van der Waals surface area contributed by atoms with Gasteiger partial charge in [0.2, 0.25) is 5.91 Å². The van der Waals surface area contributed by atoms with Crippen molar-refractivity contribution in [2.24, 2.45) is 0 Å². The molecule has 0 saturated carbocycles. The zero-order chi connectivity index (χ0) is 24.3. The molecule has 2 aromatic carbocycles. The number of nitro benzene ring substituents is 1. The monoisotopic (exact) mass is 471 g/mol. The molecule has 0 aliphatic carbocycles. The Morgan fingerprint density at radius 1 is 1.24 bits per heavy atom. The first-order valence-electron chi connectivity index (χ1n) is 9.60. The lowest BCUT2D eigenvalue weighted by atomic mass is 10.1. The van der Waals surface area contributed by atoms with Crippen molar-refractivity contribution in [3.05, 3.63) is 81.4 Å². The van der Waals surface area contributed by atoms with E-state index in [-0.39, 0.29) is 34.8 Å². The zero-order valence-corrected chi connectivity index (χ0v) is 18.2. The van der Waals surface area contributed by atoms with Gasteiger partial charge in [0.25, 0.3) is 17.5 Å². The Bertz CT molecular complexity index is 1160. The van der Waals surface area contributed by atoms with Crippen LogP contribution in [0, 0.1) is 10.1 Å². The van der Waals surface area contributed by atoms with Crippen molar-refractivity contribution in [3.8, 4) is 0 Å². The van der Waals surface area contributed by atoms with Gasteiger partial charge in [-0.3, -0.25) is 24.5 Å². The molecule has 33 heavy (non-hydrogen) atoms. The quantitative estimate of drug-likeness (QED) is 0.199. The molecular formula is C22H18ClN3O7. The van der Waals surface area contributed by atoms with E-state index >= 15 is 0 Å². The maximum absolute atomic E-state index is 13.1. The number of benzene rings is 2. The number of hydrogen-bond acceptors (Lipinski definition) is 7. The first-order chi connectivity index (χ1) is 15.7. The van der Waals surface area contributed by atoms with Crippen LogP contribution in [-0.2, 0) is 14.3 Å². The summed E-state index contributed by atoms with van der Waals surface area (Å²) in [5.74, 6) is -2.45. The molecule has 170 valence electrons. The molecule has 0 N–H and O–H groups in total. The van der Waals surface area contributed by atoms with E-state index in [4.69, 9.17) is 11.6 Å². The Balaban J connectivity index is 1.91. The minimum atomic E-state index is -1.14. The van der Waals surface area contributed by atoms with E-state index in [1.807, 2.05) is 0 Å². The lowest BCUT2D eigenvalue weighted by Gasteiger charge is -2.26. The number of carbonyl (C=O) groups excluding carboxylic acids is 4. The van der Waals surface area contributed by atoms with E-state index in [1.165, 1.54) is 49.6 Å². The summed E-state index contributed by atoms with van der Waals surface area (Å²) in [7, 11) is 1.23. The van der Waals surface area contributed by atoms with Crippen molar-refractivity contribution >= 4 is 46.7 Å². The molecule has 1 atom stereocenters. The minimum absolute atomic E-state index is 0.0610. The molecule has 1 unspecified atom stereocenters. The van der Waals surface area contributed by atoms with Crippen LogP contribution in [0.5, 0.6) is 0 Å². The van der Waals surface area contributed by atoms with Crippen molar-refractivity contribution in [3.63, 3.8) is 0 Å². The first kappa shape index (κ1) is 23.6. The van der Waals surface area contributed by atoms with E-state index in [0.29, 0.717) is 0 Å². The van der Waals surface area contributed by atoms with E-state index in [0.717, 1.165) is 15.9 Å². The molecule has 0 aromatic heterocycles. The number of anilines is 1. The van der Waals surface area contributed by atoms with E-state index in [1.54, 1.807) is 0 Å². The summed E-state index contributed by atoms with van der Waals surface area (Å²) in [5, 5.41) is 11.0. The van der Waals surface area contributed by atoms with Crippen molar-refractivity contribution < 1.29 is 28.8 Å². The Hall–Kier alpha value is -4.05. The molecule has 1 saturated heterocycles. The van der Waals surface area contributed by atoms with Crippen molar-refractivity contribution in [2.45, 2.75) is 12.5 Å². The highest BCUT2D eigenvalue weighted by molar-refractivity contribution is 6.32. The third-order valence-electron chi connectivity index (χ3n) is 5.02. The van der Waals surface area contributed by atoms with Crippen molar-refractivity contribution in [1.82, 2.24) is 4.90 Å². The Labute approximate surface area is 193 Å². The van der Waals surface area contributed by atoms with Crippen LogP contribution < -0.4 is 4.90 Å². The van der Waals surface area contributed by atoms with Gasteiger partial charge in [-0.15, -0.1) is 6.58 Å². The maximum atomic E-state index is 13.1. The maximum Gasteiger partial charge on any atom is 0.337 e. The van der Waals surface area contributed by atoms with Gasteiger partial charge in [0.05, 0.1) is 29.7 Å². The largest absolute Gasteiger partial charge is 0.465 e. The summed E-state index contributed by atoms with van der Waals surface area (Å²) >= 11 is 5.82. The van der Waals surface area contributed by atoms with Crippen LogP contribution in [0.25, 0.3) is 0 Å². The van der Waals surface area contributed by atoms with E-state index in [9.17, 15) is 29.3 Å². The fourth-order valence-corrected chi connectivity index (χ4v) is 3.62. The van der Waals surface area contributed by atoms with Gasteiger partial charge < -0.3 is 9.64 Å². The van der Waals surface area contributed by atoms with Crippen LogP contribution in [0.2, 0.25) is 5.02 Å². The van der Waals surface area contributed by atoms with Gasteiger partial charge in [0.15, 0.2) is 0 Å². The Morgan fingerprint density at radius 2 is 1.88 bits per heavy atom. The Kier molecular flexibility index (Phi) is 6.88. The average molecular weight is 472 g/mol. The van der Waals surface area contributed by atoms with Crippen LogP contribution in [0.4, 0.5) is 11.4 Å². The van der Waals surface area contributed by atoms with Gasteiger partial charge >= 0.3 is 5.97 Å². The molecular weight excluding hydrogens is 454 g/mol.